The zero-order valence-corrected chi connectivity index (χ0v) is 15.9. The van der Waals surface area contributed by atoms with Gasteiger partial charge < -0.3 is 9.47 Å². The molecule has 130 valence electrons. The summed E-state index contributed by atoms with van der Waals surface area (Å²) in [7, 11) is 0. The Balaban J connectivity index is 1.71. The smallest absolute Gasteiger partial charge is 0.338 e. The number of pyridine rings is 1. The van der Waals surface area contributed by atoms with E-state index in [1.807, 2.05) is 45.0 Å². The maximum absolute atomic E-state index is 12.4. The van der Waals surface area contributed by atoms with Crippen LogP contribution < -0.4 is 4.74 Å². The lowest BCUT2D eigenvalue weighted by atomic mass is 10.1. The van der Waals surface area contributed by atoms with E-state index < -0.39 is 0 Å². The maximum Gasteiger partial charge on any atom is 0.338 e. The summed E-state index contributed by atoms with van der Waals surface area (Å²) in [6.45, 7) is 5.81. The number of ether oxygens (including phenoxy) is 2. The molecular formula is C19H19BrN2O3. The Morgan fingerprint density at radius 2 is 1.88 bits per heavy atom. The Labute approximate surface area is 154 Å². The molecule has 0 aliphatic heterocycles. The number of hydrogen-bond donors (Lipinski definition) is 0. The fourth-order valence-electron chi connectivity index (χ4n) is 2.46. The molecule has 0 bridgehead atoms. The number of carbonyl (C=O) groups is 1. The Morgan fingerprint density at radius 1 is 1.16 bits per heavy atom. The Hall–Kier alpha value is -2.34. The predicted molar refractivity (Wildman–Crippen MR) is 98.9 cm³/mol. The number of nitrogens with zero attached hydrogens (tertiary/aromatic N) is 2. The first-order valence-corrected chi connectivity index (χ1v) is 8.84. The Bertz CT molecular complexity index is 887. The van der Waals surface area contributed by atoms with Gasteiger partial charge in [-0.1, -0.05) is 12.1 Å². The van der Waals surface area contributed by atoms with Crippen LogP contribution in [0.3, 0.4) is 0 Å². The van der Waals surface area contributed by atoms with Gasteiger partial charge in [0, 0.05) is 6.20 Å². The molecule has 3 aromatic rings. The van der Waals surface area contributed by atoms with E-state index in [0.717, 1.165) is 21.3 Å². The van der Waals surface area contributed by atoms with Crippen LogP contribution in [0.1, 0.15) is 42.8 Å². The van der Waals surface area contributed by atoms with Crippen molar-refractivity contribution in [2.24, 2.45) is 0 Å². The van der Waals surface area contributed by atoms with Gasteiger partial charge in [-0.15, -0.1) is 0 Å². The summed E-state index contributed by atoms with van der Waals surface area (Å²) in [5.74, 6) is 0.430. The largest absolute Gasteiger partial charge is 0.491 e. The SMILES string of the molecule is CC(C)Oc1ccc([C@H](C)OC(=O)c2ccn3ncc(Br)c3c2)cc1. The molecule has 3 rings (SSSR count). The Kier molecular flexibility index (Phi) is 5.08. The third-order valence-electron chi connectivity index (χ3n) is 3.72. The Morgan fingerprint density at radius 3 is 2.56 bits per heavy atom. The zero-order valence-electron chi connectivity index (χ0n) is 14.3. The molecule has 0 fully saturated rings. The second-order valence-electron chi connectivity index (χ2n) is 6.02. The van der Waals surface area contributed by atoms with E-state index in [2.05, 4.69) is 21.0 Å². The summed E-state index contributed by atoms with van der Waals surface area (Å²) < 4.78 is 13.7. The van der Waals surface area contributed by atoms with Crippen LogP contribution in [-0.4, -0.2) is 21.7 Å². The highest BCUT2D eigenvalue weighted by atomic mass is 79.9. The molecule has 0 saturated heterocycles. The standard InChI is InChI=1S/C19H19BrN2O3/c1-12(2)24-16-6-4-14(5-7-16)13(3)25-19(23)15-8-9-22-18(10-15)17(20)11-21-22/h4-13H,1-3H3/t13-/m0/s1. The van der Waals surface area contributed by atoms with Crippen LogP contribution in [-0.2, 0) is 4.74 Å². The molecule has 2 aromatic heterocycles. The van der Waals surface area contributed by atoms with Crippen molar-refractivity contribution in [2.75, 3.05) is 0 Å². The quantitative estimate of drug-likeness (QED) is 0.575. The van der Waals surface area contributed by atoms with Crippen molar-refractivity contribution >= 4 is 27.4 Å². The monoisotopic (exact) mass is 402 g/mol. The molecule has 6 heteroatoms. The molecule has 0 spiro atoms. The highest BCUT2D eigenvalue weighted by molar-refractivity contribution is 9.10. The van der Waals surface area contributed by atoms with Crippen molar-refractivity contribution in [2.45, 2.75) is 33.0 Å². The van der Waals surface area contributed by atoms with Gasteiger partial charge in [-0.2, -0.15) is 5.10 Å². The van der Waals surface area contributed by atoms with Gasteiger partial charge in [-0.3, -0.25) is 0 Å². The molecule has 0 saturated carbocycles. The molecule has 2 heterocycles. The second kappa shape index (κ2) is 7.27. The molecule has 0 N–H and O–H groups in total. The molecule has 0 aliphatic carbocycles. The van der Waals surface area contributed by atoms with Gasteiger partial charge in [-0.05, 0) is 66.5 Å². The van der Waals surface area contributed by atoms with Crippen LogP contribution in [0.15, 0.2) is 53.3 Å². The van der Waals surface area contributed by atoms with Gasteiger partial charge in [0.05, 0.1) is 27.9 Å². The van der Waals surface area contributed by atoms with Crippen molar-refractivity contribution in [3.8, 4) is 5.75 Å². The second-order valence-corrected chi connectivity index (χ2v) is 6.88. The number of carbonyl (C=O) groups excluding carboxylic acids is 1. The number of halogens is 1. The molecule has 0 radical (unpaired) electrons. The van der Waals surface area contributed by atoms with E-state index in [9.17, 15) is 4.79 Å². The number of fused-ring (bicyclic) bond motifs is 1. The predicted octanol–water partition coefficient (Wildman–Crippen LogP) is 4.80. The van der Waals surface area contributed by atoms with Gasteiger partial charge in [-0.25, -0.2) is 9.31 Å². The van der Waals surface area contributed by atoms with E-state index >= 15 is 0 Å². The van der Waals surface area contributed by atoms with Crippen LogP contribution in [0.2, 0.25) is 0 Å². The fourth-order valence-corrected chi connectivity index (χ4v) is 2.85. The summed E-state index contributed by atoms with van der Waals surface area (Å²) >= 11 is 3.41. The highest BCUT2D eigenvalue weighted by Crippen LogP contribution is 2.23. The number of rotatable bonds is 5. The summed E-state index contributed by atoms with van der Waals surface area (Å²) in [5.41, 5.74) is 2.22. The molecule has 1 aromatic carbocycles. The molecule has 5 nitrogen and oxygen atoms in total. The topological polar surface area (TPSA) is 52.8 Å². The van der Waals surface area contributed by atoms with Crippen molar-refractivity contribution in [1.29, 1.82) is 0 Å². The van der Waals surface area contributed by atoms with Gasteiger partial charge in [0.2, 0.25) is 0 Å². The normalized spacial score (nSPS) is 12.4. The maximum atomic E-state index is 12.4. The van der Waals surface area contributed by atoms with E-state index in [4.69, 9.17) is 9.47 Å². The molecule has 0 unspecified atom stereocenters. The minimum Gasteiger partial charge on any atom is -0.491 e. The number of esters is 1. The zero-order chi connectivity index (χ0) is 18.0. The first-order valence-electron chi connectivity index (χ1n) is 8.04. The summed E-state index contributed by atoms with van der Waals surface area (Å²) in [6, 6.07) is 11.0. The molecular weight excluding hydrogens is 384 g/mol. The minimum absolute atomic E-state index is 0.124. The van der Waals surface area contributed by atoms with Crippen LogP contribution in [0.4, 0.5) is 0 Å². The molecule has 1 atom stereocenters. The lowest BCUT2D eigenvalue weighted by Crippen LogP contribution is -2.10. The molecule has 0 aliphatic rings. The lowest BCUT2D eigenvalue weighted by Gasteiger charge is -2.15. The van der Waals surface area contributed by atoms with E-state index in [-0.39, 0.29) is 18.2 Å². The molecule has 0 amide bonds. The van der Waals surface area contributed by atoms with Crippen molar-refractivity contribution in [3.63, 3.8) is 0 Å². The summed E-state index contributed by atoms with van der Waals surface area (Å²) in [5, 5.41) is 4.16. The average molecular weight is 403 g/mol. The van der Waals surface area contributed by atoms with E-state index in [1.165, 1.54) is 0 Å². The third kappa shape index (κ3) is 4.02. The fraction of sp³-hybridized carbons (Fsp3) is 0.263. The van der Waals surface area contributed by atoms with Crippen molar-refractivity contribution in [1.82, 2.24) is 9.61 Å². The first kappa shape index (κ1) is 17.5. The van der Waals surface area contributed by atoms with Gasteiger partial charge >= 0.3 is 5.97 Å². The van der Waals surface area contributed by atoms with Crippen LogP contribution in [0.5, 0.6) is 5.75 Å². The molecule has 25 heavy (non-hydrogen) atoms. The lowest BCUT2D eigenvalue weighted by molar-refractivity contribution is 0.0338. The van der Waals surface area contributed by atoms with Gasteiger partial charge in [0.1, 0.15) is 11.9 Å². The van der Waals surface area contributed by atoms with Crippen molar-refractivity contribution in [3.05, 3.63) is 64.4 Å². The van der Waals surface area contributed by atoms with Crippen LogP contribution >= 0.6 is 15.9 Å². The van der Waals surface area contributed by atoms with Gasteiger partial charge in [0.15, 0.2) is 0 Å². The van der Waals surface area contributed by atoms with E-state index in [1.54, 1.807) is 29.0 Å². The number of benzene rings is 1. The number of aromatic nitrogens is 2. The van der Waals surface area contributed by atoms with E-state index in [0.29, 0.717) is 5.56 Å². The first-order chi connectivity index (χ1) is 11.9. The minimum atomic E-state index is -0.370. The highest BCUT2D eigenvalue weighted by Gasteiger charge is 2.15. The average Bonchev–Trinajstić information content (AvgIpc) is 2.95. The van der Waals surface area contributed by atoms with Crippen LogP contribution in [0.25, 0.3) is 5.52 Å². The van der Waals surface area contributed by atoms with Gasteiger partial charge in [0.25, 0.3) is 0 Å². The summed E-state index contributed by atoms with van der Waals surface area (Å²) in [4.78, 5) is 12.4. The number of hydrogen-bond acceptors (Lipinski definition) is 4. The summed E-state index contributed by atoms with van der Waals surface area (Å²) in [6.07, 6.45) is 3.19. The third-order valence-corrected chi connectivity index (χ3v) is 4.33. The van der Waals surface area contributed by atoms with Crippen molar-refractivity contribution < 1.29 is 14.3 Å². The van der Waals surface area contributed by atoms with Crippen LogP contribution in [0, 0.1) is 0 Å².